The molecule has 2 aliphatic heterocycles. The molecule has 1 fully saturated rings. The van der Waals surface area contributed by atoms with Gasteiger partial charge in [0.05, 0.1) is 17.4 Å². The van der Waals surface area contributed by atoms with Crippen LogP contribution in [-0.2, 0) is 9.59 Å². The van der Waals surface area contributed by atoms with E-state index >= 15 is 0 Å². The molecule has 0 aromatic heterocycles. The van der Waals surface area contributed by atoms with Crippen molar-refractivity contribution in [2.45, 2.75) is 19.9 Å². The van der Waals surface area contributed by atoms with E-state index in [-0.39, 0.29) is 30.2 Å². The van der Waals surface area contributed by atoms with Gasteiger partial charge in [-0.2, -0.15) is 0 Å². The normalized spacial score (nSPS) is 17.9. The molecule has 2 aromatic rings. The minimum atomic E-state index is -0.314. The van der Waals surface area contributed by atoms with Gasteiger partial charge in [-0.3, -0.25) is 24.2 Å². The molecular formula is C23H26N4O3. The molecule has 0 bridgehead atoms. The van der Waals surface area contributed by atoms with E-state index in [2.05, 4.69) is 15.1 Å². The number of amides is 2. The lowest BCUT2D eigenvalue weighted by Gasteiger charge is -2.40. The van der Waals surface area contributed by atoms with Crippen LogP contribution in [0.1, 0.15) is 24.2 Å². The predicted molar refractivity (Wildman–Crippen MR) is 117 cm³/mol. The van der Waals surface area contributed by atoms with Crippen LogP contribution in [0.15, 0.2) is 48.5 Å². The van der Waals surface area contributed by atoms with Crippen LogP contribution in [-0.4, -0.2) is 61.3 Å². The summed E-state index contributed by atoms with van der Waals surface area (Å²) in [5, 5.41) is 2.82. The molecule has 30 heavy (non-hydrogen) atoms. The summed E-state index contributed by atoms with van der Waals surface area (Å²) in [6.07, 6.45) is 0. The van der Waals surface area contributed by atoms with Gasteiger partial charge in [0, 0.05) is 37.4 Å². The second-order valence-electron chi connectivity index (χ2n) is 7.79. The first-order chi connectivity index (χ1) is 14.4. The Balaban J connectivity index is 1.41. The molecule has 0 radical (unpaired) electrons. The first kappa shape index (κ1) is 20.1. The van der Waals surface area contributed by atoms with Gasteiger partial charge < -0.3 is 10.2 Å². The van der Waals surface area contributed by atoms with Crippen molar-refractivity contribution in [3.63, 3.8) is 0 Å². The summed E-state index contributed by atoms with van der Waals surface area (Å²) in [6, 6.07) is 14.7. The fraction of sp³-hybridized carbons (Fsp3) is 0.348. The number of carbonyl (C=O) groups excluding carboxylic acids is 3. The number of fused-ring (bicyclic) bond motifs is 1. The number of para-hydroxylation sites is 2. The maximum absolute atomic E-state index is 13.2. The first-order valence-corrected chi connectivity index (χ1v) is 10.2. The third kappa shape index (κ3) is 3.93. The molecule has 0 spiro atoms. The zero-order valence-corrected chi connectivity index (χ0v) is 17.3. The molecule has 2 heterocycles. The lowest BCUT2D eigenvalue weighted by Crippen LogP contribution is -2.56. The minimum absolute atomic E-state index is 0.0443. The Bertz CT molecular complexity index is 965. The maximum atomic E-state index is 13.2. The fourth-order valence-electron chi connectivity index (χ4n) is 4.09. The number of benzene rings is 2. The smallest absolute Gasteiger partial charge is 0.244 e. The number of nitrogens with one attached hydrogen (secondary N) is 1. The molecule has 4 rings (SSSR count). The lowest BCUT2D eigenvalue weighted by atomic mass is 10.1. The van der Waals surface area contributed by atoms with Crippen molar-refractivity contribution in [1.29, 1.82) is 0 Å². The van der Waals surface area contributed by atoms with Gasteiger partial charge in [0.25, 0.3) is 0 Å². The molecule has 1 saturated heterocycles. The van der Waals surface area contributed by atoms with Gasteiger partial charge in [0.1, 0.15) is 6.54 Å². The summed E-state index contributed by atoms with van der Waals surface area (Å²) < 4.78 is 0. The second kappa shape index (κ2) is 8.28. The number of piperazine rings is 1. The van der Waals surface area contributed by atoms with Crippen LogP contribution in [0, 0.1) is 0 Å². The number of carbonyl (C=O) groups is 3. The minimum Gasteiger partial charge on any atom is -0.369 e. The van der Waals surface area contributed by atoms with E-state index in [4.69, 9.17) is 0 Å². The van der Waals surface area contributed by atoms with Crippen molar-refractivity contribution < 1.29 is 14.4 Å². The fourth-order valence-corrected chi connectivity index (χ4v) is 4.09. The zero-order valence-electron chi connectivity index (χ0n) is 17.3. The molecule has 2 aliphatic rings. The summed E-state index contributed by atoms with van der Waals surface area (Å²) >= 11 is 0. The van der Waals surface area contributed by atoms with E-state index < -0.39 is 0 Å². The zero-order chi connectivity index (χ0) is 21.3. The highest BCUT2D eigenvalue weighted by molar-refractivity contribution is 6.11. The molecule has 1 N–H and O–H groups in total. The Hall–Kier alpha value is -3.19. The molecule has 0 saturated carbocycles. The molecule has 1 atom stereocenters. The van der Waals surface area contributed by atoms with Gasteiger partial charge in [-0.1, -0.05) is 12.1 Å². The third-order valence-corrected chi connectivity index (χ3v) is 5.90. The van der Waals surface area contributed by atoms with Gasteiger partial charge in [0.15, 0.2) is 5.78 Å². The Kier molecular flexibility index (Phi) is 5.55. The van der Waals surface area contributed by atoms with Crippen LogP contribution in [0.5, 0.6) is 0 Å². The molecule has 7 heteroatoms. The number of ketones is 1. The Morgan fingerprint density at radius 3 is 2.30 bits per heavy atom. The van der Waals surface area contributed by atoms with Crippen molar-refractivity contribution in [3.05, 3.63) is 54.1 Å². The van der Waals surface area contributed by atoms with Crippen molar-refractivity contribution in [1.82, 2.24) is 4.90 Å². The number of Topliss-reactive ketones (excluding diaryl/α,β-unsaturated/α-hetero) is 1. The Labute approximate surface area is 176 Å². The monoisotopic (exact) mass is 406 g/mol. The van der Waals surface area contributed by atoms with Crippen LogP contribution < -0.4 is 15.1 Å². The number of hydrogen-bond donors (Lipinski definition) is 1. The van der Waals surface area contributed by atoms with E-state index in [1.165, 1.54) is 0 Å². The standard InChI is InChI=1S/C23H26N4O3/c1-16(23(30)27-15-22(29)24-20-5-3-4-6-21(20)27)25-11-13-26(14-12-25)19-9-7-18(8-10-19)17(2)28/h3-10,16H,11-15H2,1-2H3,(H,24,29)/t16-/m0/s1. The van der Waals surface area contributed by atoms with Crippen molar-refractivity contribution >= 4 is 34.7 Å². The maximum Gasteiger partial charge on any atom is 0.244 e. The van der Waals surface area contributed by atoms with Crippen LogP contribution in [0.3, 0.4) is 0 Å². The molecule has 0 aliphatic carbocycles. The summed E-state index contributed by atoms with van der Waals surface area (Å²) in [6.45, 7) is 6.63. The van der Waals surface area contributed by atoms with Crippen LogP contribution in [0.4, 0.5) is 17.1 Å². The van der Waals surface area contributed by atoms with E-state index in [1.807, 2.05) is 55.5 Å². The van der Waals surface area contributed by atoms with Crippen LogP contribution >= 0.6 is 0 Å². The summed E-state index contributed by atoms with van der Waals surface area (Å²) in [5.41, 5.74) is 3.22. The number of anilines is 3. The highest BCUT2D eigenvalue weighted by Crippen LogP contribution is 2.30. The quantitative estimate of drug-likeness (QED) is 0.790. The van der Waals surface area contributed by atoms with Gasteiger partial charge in [-0.25, -0.2) is 0 Å². The molecule has 2 aromatic carbocycles. The van der Waals surface area contributed by atoms with Gasteiger partial charge in [-0.05, 0) is 50.2 Å². The predicted octanol–water partition coefficient (Wildman–Crippen LogP) is 2.38. The molecule has 156 valence electrons. The Morgan fingerprint density at radius 1 is 0.967 bits per heavy atom. The third-order valence-electron chi connectivity index (χ3n) is 5.90. The topological polar surface area (TPSA) is 73.0 Å². The average Bonchev–Trinajstić information content (AvgIpc) is 2.77. The highest BCUT2D eigenvalue weighted by atomic mass is 16.2. The molecule has 0 unspecified atom stereocenters. The van der Waals surface area contributed by atoms with Crippen molar-refractivity contribution in [2.24, 2.45) is 0 Å². The van der Waals surface area contributed by atoms with Gasteiger partial charge in [-0.15, -0.1) is 0 Å². The summed E-state index contributed by atoms with van der Waals surface area (Å²) in [5.74, 6) is -0.170. The number of nitrogens with zero attached hydrogens (tertiary/aromatic N) is 3. The van der Waals surface area contributed by atoms with Crippen molar-refractivity contribution in [3.8, 4) is 0 Å². The SMILES string of the molecule is CC(=O)c1ccc(N2CCN([C@@H](C)C(=O)N3CC(=O)Nc4ccccc43)CC2)cc1. The highest BCUT2D eigenvalue weighted by Gasteiger charge is 2.33. The summed E-state index contributed by atoms with van der Waals surface area (Å²) in [7, 11) is 0. The van der Waals surface area contributed by atoms with Crippen LogP contribution in [0.25, 0.3) is 0 Å². The largest absolute Gasteiger partial charge is 0.369 e. The first-order valence-electron chi connectivity index (χ1n) is 10.2. The van der Waals surface area contributed by atoms with E-state index in [9.17, 15) is 14.4 Å². The van der Waals surface area contributed by atoms with Crippen LogP contribution in [0.2, 0.25) is 0 Å². The van der Waals surface area contributed by atoms with E-state index in [0.717, 1.165) is 37.6 Å². The van der Waals surface area contributed by atoms with Gasteiger partial charge in [0.2, 0.25) is 11.8 Å². The van der Waals surface area contributed by atoms with E-state index in [1.54, 1.807) is 11.8 Å². The van der Waals surface area contributed by atoms with Crippen molar-refractivity contribution in [2.75, 3.05) is 47.8 Å². The summed E-state index contributed by atoms with van der Waals surface area (Å²) in [4.78, 5) is 42.8. The lowest BCUT2D eigenvalue weighted by molar-refractivity contribution is -0.125. The average molecular weight is 406 g/mol. The van der Waals surface area contributed by atoms with E-state index in [0.29, 0.717) is 11.3 Å². The second-order valence-corrected chi connectivity index (χ2v) is 7.79. The number of hydrogen-bond acceptors (Lipinski definition) is 5. The number of rotatable bonds is 4. The Morgan fingerprint density at radius 2 is 1.63 bits per heavy atom. The van der Waals surface area contributed by atoms with Gasteiger partial charge >= 0.3 is 0 Å². The molecule has 2 amide bonds. The molecule has 7 nitrogen and oxygen atoms in total. The molecular weight excluding hydrogens is 380 g/mol.